The number of aromatic nitrogens is 1. The summed E-state index contributed by atoms with van der Waals surface area (Å²) in [6.45, 7) is 10.9. The van der Waals surface area contributed by atoms with Gasteiger partial charge in [0.1, 0.15) is 5.69 Å². The molecule has 2 aromatic rings. The van der Waals surface area contributed by atoms with Crippen LogP contribution in [0.4, 0.5) is 11.4 Å². The number of nitrogens with zero attached hydrogens (tertiary/aromatic N) is 3. The molecule has 0 aliphatic carbocycles. The number of carbonyl (C=O) groups is 1. The number of carbonyl (C=O) groups excluding carboxylic acids is 1. The first-order chi connectivity index (χ1) is 12.6. The Kier molecular flexibility index (Phi) is 5.89. The van der Waals surface area contributed by atoms with Crippen molar-refractivity contribution in [2.45, 2.75) is 26.7 Å². The van der Waals surface area contributed by atoms with Crippen LogP contribution in [0.2, 0.25) is 0 Å². The summed E-state index contributed by atoms with van der Waals surface area (Å²) in [5.41, 5.74) is 3.72. The fourth-order valence-electron chi connectivity index (χ4n) is 3.32. The lowest BCUT2D eigenvalue weighted by molar-refractivity contribution is 0.0637. The molecular formula is C21H28N4O. The van der Waals surface area contributed by atoms with Crippen LogP contribution in [0.5, 0.6) is 0 Å². The van der Waals surface area contributed by atoms with Gasteiger partial charge in [0.15, 0.2) is 0 Å². The Morgan fingerprint density at radius 2 is 1.88 bits per heavy atom. The Bertz CT molecular complexity index is 751. The molecule has 0 bridgehead atoms. The number of nitrogens with one attached hydrogen (secondary N) is 1. The molecule has 1 saturated heterocycles. The third-order valence-corrected chi connectivity index (χ3v) is 4.95. The average Bonchev–Trinajstić information content (AvgIpc) is 2.68. The Morgan fingerprint density at radius 1 is 1.15 bits per heavy atom. The van der Waals surface area contributed by atoms with Crippen molar-refractivity contribution in [1.29, 1.82) is 0 Å². The maximum Gasteiger partial charge on any atom is 0.272 e. The number of benzene rings is 1. The maximum atomic E-state index is 12.8. The topological polar surface area (TPSA) is 48.5 Å². The Hall–Kier alpha value is -2.40. The van der Waals surface area contributed by atoms with Crippen LogP contribution < -0.4 is 5.32 Å². The lowest BCUT2D eigenvalue weighted by Crippen LogP contribution is -2.48. The number of anilines is 2. The molecule has 5 nitrogen and oxygen atoms in total. The van der Waals surface area contributed by atoms with E-state index in [1.54, 1.807) is 6.20 Å². The minimum atomic E-state index is 0.0153. The molecule has 0 atom stereocenters. The number of rotatable bonds is 5. The van der Waals surface area contributed by atoms with Crippen molar-refractivity contribution in [2.75, 3.05) is 38.0 Å². The van der Waals surface area contributed by atoms with E-state index >= 15 is 0 Å². The molecule has 2 heterocycles. The molecule has 26 heavy (non-hydrogen) atoms. The van der Waals surface area contributed by atoms with E-state index in [0.717, 1.165) is 44.1 Å². The fourth-order valence-corrected chi connectivity index (χ4v) is 3.32. The lowest BCUT2D eigenvalue weighted by Gasteiger charge is -2.33. The Morgan fingerprint density at radius 3 is 2.58 bits per heavy atom. The highest BCUT2D eigenvalue weighted by molar-refractivity contribution is 5.93. The smallest absolute Gasteiger partial charge is 0.272 e. The van der Waals surface area contributed by atoms with Crippen LogP contribution in [0.1, 0.15) is 42.7 Å². The number of amides is 1. The van der Waals surface area contributed by atoms with Crippen molar-refractivity contribution in [3.8, 4) is 0 Å². The third-order valence-electron chi connectivity index (χ3n) is 4.95. The van der Waals surface area contributed by atoms with Gasteiger partial charge < -0.3 is 15.1 Å². The predicted octanol–water partition coefficient (Wildman–Crippen LogP) is 3.73. The zero-order valence-corrected chi connectivity index (χ0v) is 15.9. The molecule has 0 radical (unpaired) electrons. The molecule has 3 rings (SSSR count). The van der Waals surface area contributed by atoms with Gasteiger partial charge in [0.2, 0.25) is 0 Å². The summed E-state index contributed by atoms with van der Waals surface area (Å²) < 4.78 is 0. The predicted molar refractivity (Wildman–Crippen MR) is 106 cm³/mol. The number of likely N-dealkylation sites (N-methyl/N-ethyl adjacent to an activating group) is 1. The number of hydrogen-bond donors (Lipinski definition) is 1. The largest absolute Gasteiger partial charge is 0.355 e. The minimum absolute atomic E-state index is 0.0153. The average molecular weight is 352 g/mol. The van der Waals surface area contributed by atoms with Crippen molar-refractivity contribution in [3.63, 3.8) is 0 Å². The monoisotopic (exact) mass is 352 g/mol. The minimum Gasteiger partial charge on any atom is -0.355 e. The van der Waals surface area contributed by atoms with Crippen molar-refractivity contribution >= 4 is 17.3 Å². The highest BCUT2D eigenvalue weighted by atomic mass is 16.2. The van der Waals surface area contributed by atoms with Gasteiger partial charge in [0, 0.05) is 43.8 Å². The van der Waals surface area contributed by atoms with Gasteiger partial charge in [-0.25, -0.2) is 0 Å². The molecule has 1 amide bonds. The first-order valence-electron chi connectivity index (χ1n) is 9.42. The Labute approximate surface area is 156 Å². The highest BCUT2D eigenvalue weighted by Gasteiger charge is 2.22. The van der Waals surface area contributed by atoms with Crippen molar-refractivity contribution < 1.29 is 4.79 Å². The number of para-hydroxylation sites is 1. The van der Waals surface area contributed by atoms with Gasteiger partial charge in [0.05, 0.1) is 0 Å². The quantitative estimate of drug-likeness (QED) is 0.891. The second-order valence-electron chi connectivity index (χ2n) is 7.02. The zero-order chi connectivity index (χ0) is 18.5. The van der Waals surface area contributed by atoms with E-state index in [1.165, 1.54) is 5.56 Å². The van der Waals surface area contributed by atoms with E-state index in [0.29, 0.717) is 11.6 Å². The number of hydrogen-bond acceptors (Lipinski definition) is 4. The summed E-state index contributed by atoms with van der Waals surface area (Å²) >= 11 is 0. The second kappa shape index (κ2) is 8.32. The fraction of sp³-hybridized carbons (Fsp3) is 0.429. The molecule has 1 aromatic carbocycles. The van der Waals surface area contributed by atoms with E-state index in [9.17, 15) is 4.79 Å². The summed E-state index contributed by atoms with van der Waals surface area (Å²) in [4.78, 5) is 21.4. The zero-order valence-electron chi connectivity index (χ0n) is 15.9. The van der Waals surface area contributed by atoms with Crippen LogP contribution in [0.25, 0.3) is 0 Å². The molecule has 1 fully saturated rings. The van der Waals surface area contributed by atoms with Gasteiger partial charge in [-0.3, -0.25) is 9.78 Å². The van der Waals surface area contributed by atoms with Crippen LogP contribution >= 0.6 is 0 Å². The lowest BCUT2D eigenvalue weighted by atomic mass is 10.0. The van der Waals surface area contributed by atoms with E-state index in [-0.39, 0.29) is 5.91 Å². The number of piperazine rings is 1. The van der Waals surface area contributed by atoms with Crippen LogP contribution in [0.3, 0.4) is 0 Å². The summed E-state index contributed by atoms with van der Waals surface area (Å²) in [6.07, 6.45) is 1.70. The summed E-state index contributed by atoms with van der Waals surface area (Å²) in [6, 6.07) is 12.0. The van der Waals surface area contributed by atoms with E-state index in [1.807, 2.05) is 23.1 Å². The molecular weight excluding hydrogens is 324 g/mol. The summed E-state index contributed by atoms with van der Waals surface area (Å²) in [5.74, 6) is 0.443. The second-order valence-corrected chi connectivity index (χ2v) is 7.02. The van der Waals surface area contributed by atoms with Crippen LogP contribution in [-0.4, -0.2) is 53.4 Å². The number of pyridine rings is 1. The van der Waals surface area contributed by atoms with Crippen LogP contribution in [-0.2, 0) is 0 Å². The van der Waals surface area contributed by atoms with E-state index in [4.69, 9.17) is 0 Å². The van der Waals surface area contributed by atoms with Gasteiger partial charge in [-0.15, -0.1) is 0 Å². The normalized spacial score (nSPS) is 15.3. The van der Waals surface area contributed by atoms with E-state index in [2.05, 4.69) is 54.2 Å². The summed E-state index contributed by atoms with van der Waals surface area (Å²) in [5, 5.41) is 3.45. The van der Waals surface area contributed by atoms with Gasteiger partial charge in [-0.1, -0.05) is 39.0 Å². The van der Waals surface area contributed by atoms with Gasteiger partial charge in [-0.05, 0) is 36.2 Å². The van der Waals surface area contributed by atoms with Gasteiger partial charge in [-0.2, -0.15) is 0 Å². The molecule has 1 aliphatic heterocycles. The molecule has 0 saturated carbocycles. The van der Waals surface area contributed by atoms with Crippen LogP contribution in [0, 0.1) is 0 Å². The summed E-state index contributed by atoms with van der Waals surface area (Å²) in [7, 11) is 0. The molecule has 5 heteroatoms. The molecule has 0 spiro atoms. The first kappa shape index (κ1) is 18.4. The molecule has 1 aromatic heterocycles. The van der Waals surface area contributed by atoms with E-state index < -0.39 is 0 Å². The molecule has 138 valence electrons. The van der Waals surface area contributed by atoms with Crippen LogP contribution in [0.15, 0.2) is 42.6 Å². The molecule has 1 aliphatic rings. The van der Waals surface area contributed by atoms with Gasteiger partial charge >= 0.3 is 0 Å². The van der Waals surface area contributed by atoms with Crippen molar-refractivity contribution in [2.24, 2.45) is 0 Å². The highest BCUT2D eigenvalue weighted by Crippen LogP contribution is 2.27. The first-order valence-corrected chi connectivity index (χ1v) is 9.42. The standard InChI is InChI=1S/C21H28N4O/c1-4-24-11-13-25(14-12-24)21(26)20-15-17(9-10-22-20)23-19-8-6-5-7-18(19)16(2)3/h5-10,15-16H,4,11-14H2,1-3H3,(H,22,23). The van der Waals surface area contributed by atoms with Crippen molar-refractivity contribution in [1.82, 2.24) is 14.8 Å². The van der Waals surface area contributed by atoms with Gasteiger partial charge in [0.25, 0.3) is 5.91 Å². The molecule has 0 unspecified atom stereocenters. The maximum absolute atomic E-state index is 12.8. The SMILES string of the molecule is CCN1CCN(C(=O)c2cc(Nc3ccccc3C(C)C)ccn2)CC1. The Balaban J connectivity index is 1.74. The third kappa shape index (κ3) is 4.22. The van der Waals surface area contributed by atoms with Crippen molar-refractivity contribution in [3.05, 3.63) is 53.9 Å². The molecule has 1 N–H and O–H groups in total.